The highest BCUT2D eigenvalue weighted by atomic mass is 32.2. The predicted octanol–water partition coefficient (Wildman–Crippen LogP) is 0.897. The lowest BCUT2D eigenvalue weighted by Crippen LogP contribution is -2.43. The summed E-state index contributed by atoms with van der Waals surface area (Å²) in [4.78, 5) is 11.8. The molecule has 1 aliphatic heterocycles. The van der Waals surface area contributed by atoms with Crippen molar-refractivity contribution >= 4 is 15.7 Å². The first-order valence-corrected chi connectivity index (χ1v) is 8.49. The molecule has 1 fully saturated rings. The molecule has 0 aliphatic carbocycles. The number of hydrogen-bond donors (Lipinski definition) is 1. The van der Waals surface area contributed by atoms with Gasteiger partial charge in [0.05, 0.1) is 18.4 Å². The average molecular weight is 297 g/mol. The highest BCUT2D eigenvalue weighted by Crippen LogP contribution is 2.08. The van der Waals surface area contributed by atoms with Crippen LogP contribution in [0.4, 0.5) is 0 Å². The highest BCUT2D eigenvalue weighted by molar-refractivity contribution is 7.91. The molecule has 1 saturated heterocycles. The summed E-state index contributed by atoms with van der Waals surface area (Å²) >= 11 is 0. The molecule has 1 unspecified atom stereocenters. The van der Waals surface area contributed by atoms with Gasteiger partial charge in [-0.3, -0.25) is 4.79 Å². The monoisotopic (exact) mass is 297 g/mol. The maximum atomic E-state index is 12.0. The second kappa shape index (κ2) is 6.85. The molecule has 0 saturated carbocycles. The summed E-state index contributed by atoms with van der Waals surface area (Å²) in [6.45, 7) is 1.17. The molecule has 0 aromatic heterocycles. The molecule has 1 aliphatic rings. The van der Waals surface area contributed by atoms with Crippen molar-refractivity contribution in [1.82, 2.24) is 5.32 Å². The fraction of sp³-hybridized carbons (Fsp3) is 0.500. The van der Waals surface area contributed by atoms with Crippen LogP contribution in [0.3, 0.4) is 0 Å². The Balaban J connectivity index is 1.86. The molecular formula is C14H19NO4S. The Morgan fingerprint density at radius 2 is 2.05 bits per heavy atom. The third kappa shape index (κ3) is 4.94. The van der Waals surface area contributed by atoms with E-state index in [4.69, 9.17) is 4.74 Å². The summed E-state index contributed by atoms with van der Waals surface area (Å²) in [7, 11) is -3.44. The quantitative estimate of drug-likeness (QED) is 0.876. The first-order chi connectivity index (χ1) is 9.55. The lowest BCUT2D eigenvalue weighted by atomic mass is 10.1. The number of benzene rings is 1. The number of sulfone groups is 1. The van der Waals surface area contributed by atoms with Gasteiger partial charge in [-0.1, -0.05) is 30.3 Å². The summed E-state index contributed by atoms with van der Waals surface area (Å²) in [5.41, 5.74) is 0.696. The Morgan fingerprint density at radius 3 is 2.70 bits per heavy atom. The summed E-state index contributed by atoms with van der Waals surface area (Å²) in [6.07, 6.45) is 1.73. The molecule has 0 spiro atoms. The van der Waals surface area contributed by atoms with E-state index in [1.165, 1.54) is 0 Å². The van der Waals surface area contributed by atoms with Gasteiger partial charge in [-0.25, -0.2) is 8.42 Å². The molecule has 1 heterocycles. The minimum atomic E-state index is -3.44. The minimum absolute atomic E-state index is 0.0665. The maximum Gasteiger partial charge on any atom is 0.235 e. The smallest absolute Gasteiger partial charge is 0.235 e. The zero-order chi connectivity index (χ0) is 14.4. The van der Waals surface area contributed by atoms with Crippen molar-refractivity contribution in [2.45, 2.75) is 24.6 Å². The second-order valence-electron chi connectivity index (χ2n) is 5.00. The van der Waals surface area contributed by atoms with Gasteiger partial charge in [0, 0.05) is 6.61 Å². The van der Waals surface area contributed by atoms with Crippen molar-refractivity contribution in [1.29, 1.82) is 0 Å². The standard InChI is InChI=1S/C14H19NO4S/c16-14(15-13-7-4-8-19-9-13)11-20(17,18)10-12-5-2-1-3-6-12/h1-3,5-6,13H,4,7-11H2,(H,15,16). The van der Waals surface area contributed by atoms with Crippen molar-refractivity contribution in [3.63, 3.8) is 0 Å². The summed E-state index contributed by atoms with van der Waals surface area (Å²) in [6, 6.07) is 8.80. The third-order valence-electron chi connectivity index (χ3n) is 3.11. The maximum absolute atomic E-state index is 12.0. The molecule has 1 N–H and O–H groups in total. The third-order valence-corrected chi connectivity index (χ3v) is 4.58. The van der Waals surface area contributed by atoms with Gasteiger partial charge in [0.2, 0.25) is 5.91 Å². The Kier molecular flexibility index (Phi) is 5.14. The Morgan fingerprint density at radius 1 is 1.30 bits per heavy atom. The number of carbonyl (C=O) groups excluding carboxylic acids is 1. The Labute approximate surface area is 119 Å². The second-order valence-corrected chi connectivity index (χ2v) is 7.06. The van der Waals surface area contributed by atoms with Crippen LogP contribution in [0, 0.1) is 0 Å². The van der Waals surface area contributed by atoms with Gasteiger partial charge < -0.3 is 10.1 Å². The number of rotatable bonds is 5. The average Bonchev–Trinajstić information content (AvgIpc) is 2.39. The molecule has 20 heavy (non-hydrogen) atoms. The molecule has 1 atom stereocenters. The first kappa shape index (κ1) is 15.0. The molecule has 2 rings (SSSR count). The first-order valence-electron chi connectivity index (χ1n) is 6.67. The van der Waals surface area contributed by atoms with Crippen LogP contribution >= 0.6 is 0 Å². The van der Waals surface area contributed by atoms with E-state index in [1.807, 2.05) is 6.07 Å². The molecule has 0 radical (unpaired) electrons. The summed E-state index contributed by atoms with van der Waals surface area (Å²) < 4.78 is 29.2. The summed E-state index contributed by atoms with van der Waals surface area (Å²) in [5, 5.41) is 2.72. The van der Waals surface area contributed by atoms with Gasteiger partial charge in [0.25, 0.3) is 0 Å². The molecule has 0 bridgehead atoms. The van der Waals surface area contributed by atoms with Gasteiger partial charge in [0.1, 0.15) is 5.75 Å². The van der Waals surface area contributed by atoms with Gasteiger partial charge in [0.15, 0.2) is 9.84 Å². The Bertz CT molecular complexity index is 536. The summed E-state index contributed by atoms with van der Waals surface area (Å²) in [5.74, 6) is -1.03. The number of nitrogens with one attached hydrogen (secondary N) is 1. The highest BCUT2D eigenvalue weighted by Gasteiger charge is 2.21. The van der Waals surface area contributed by atoms with E-state index in [9.17, 15) is 13.2 Å². The Hall–Kier alpha value is -1.40. The predicted molar refractivity (Wildman–Crippen MR) is 75.9 cm³/mol. The molecule has 6 heteroatoms. The normalized spacial score (nSPS) is 19.5. The number of carbonyl (C=O) groups is 1. The lowest BCUT2D eigenvalue weighted by molar-refractivity contribution is -0.120. The van der Waals surface area contributed by atoms with Gasteiger partial charge in [-0.15, -0.1) is 0 Å². The molecule has 1 aromatic carbocycles. The molecule has 110 valence electrons. The van der Waals surface area contributed by atoms with E-state index < -0.39 is 21.5 Å². The van der Waals surface area contributed by atoms with Crippen LogP contribution in [0.1, 0.15) is 18.4 Å². The zero-order valence-electron chi connectivity index (χ0n) is 11.2. The van der Waals surface area contributed by atoms with Crippen LogP contribution in [-0.4, -0.2) is 39.3 Å². The topological polar surface area (TPSA) is 72.5 Å². The van der Waals surface area contributed by atoms with Crippen LogP contribution in [0.15, 0.2) is 30.3 Å². The minimum Gasteiger partial charge on any atom is -0.379 e. The van der Waals surface area contributed by atoms with Crippen molar-refractivity contribution in [3.05, 3.63) is 35.9 Å². The van der Waals surface area contributed by atoms with Gasteiger partial charge >= 0.3 is 0 Å². The molecular weight excluding hydrogens is 278 g/mol. The van der Waals surface area contributed by atoms with Crippen LogP contribution in [0.5, 0.6) is 0 Å². The fourth-order valence-electron chi connectivity index (χ4n) is 2.20. The molecule has 5 nitrogen and oxygen atoms in total. The number of amides is 1. The van der Waals surface area contributed by atoms with Crippen LogP contribution in [0.25, 0.3) is 0 Å². The van der Waals surface area contributed by atoms with E-state index in [1.54, 1.807) is 24.3 Å². The van der Waals surface area contributed by atoms with E-state index >= 15 is 0 Å². The van der Waals surface area contributed by atoms with E-state index in [2.05, 4.69) is 5.32 Å². The van der Waals surface area contributed by atoms with Crippen LogP contribution < -0.4 is 5.32 Å². The van der Waals surface area contributed by atoms with Gasteiger partial charge in [-0.2, -0.15) is 0 Å². The van der Waals surface area contributed by atoms with Crippen molar-refractivity contribution in [3.8, 4) is 0 Å². The van der Waals surface area contributed by atoms with E-state index in [0.29, 0.717) is 18.8 Å². The van der Waals surface area contributed by atoms with E-state index in [0.717, 1.165) is 12.8 Å². The van der Waals surface area contributed by atoms with Crippen molar-refractivity contribution < 1.29 is 17.9 Å². The van der Waals surface area contributed by atoms with Crippen molar-refractivity contribution in [2.75, 3.05) is 19.0 Å². The lowest BCUT2D eigenvalue weighted by Gasteiger charge is -2.23. The van der Waals surface area contributed by atoms with E-state index in [-0.39, 0.29) is 11.8 Å². The largest absolute Gasteiger partial charge is 0.379 e. The van der Waals surface area contributed by atoms with Crippen LogP contribution in [0.2, 0.25) is 0 Å². The van der Waals surface area contributed by atoms with Crippen molar-refractivity contribution in [2.24, 2.45) is 0 Å². The zero-order valence-corrected chi connectivity index (χ0v) is 12.1. The van der Waals surface area contributed by atoms with Gasteiger partial charge in [-0.05, 0) is 18.4 Å². The fourth-order valence-corrected chi connectivity index (χ4v) is 3.49. The van der Waals surface area contributed by atoms with Crippen LogP contribution in [-0.2, 0) is 25.1 Å². The SMILES string of the molecule is O=C(CS(=O)(=O)Cc1ccccc1)NC1CCCOC1. The molecule has 1 amide bonds. The number of hydrogen-bond acceptors (Lipinski definition) is 4. The number of ether oxygens (including phenoxy) is 1. The molecule has 1 aromatic rings.